The molecule has 1 aromatic heterocycles. The minimum Gasteiger partial charge on any atom is -0.465 e. The van der Waals surface area contributed by atoms with Gasteiger partial charge in [-0.3, -0.25) is 5.01 Å². The molecular formula is C16H17ClN2O. The summed E-state index contributed by atoms with van der Waals surface area (Å²) < 4.78 is 5.26. The number of benzene rings is 1. The Bertz CT molecular complexity index is 576. The summed E-state index contributed by atoms with van der Waals surface area (Å²) >= 11 is 0. The van der Waals surface area contributed by atoms with Gasteiger partial charge in [0.25, 0.3) is 0 Å². The van der Waals surface area contributed by atoms with Crippen LogP contribution in [0.5, 0.6) is 0 Å². The van der Waals surface area contributed by atoms with E-state index in [9.17, 15) is 0 Å². The third-order valence-electron chi connectivity index (χ3n) is 3.09. The van der Waals surface area contributed by atoms with Gasteiger partial charge in [0.1, 0.15) is 5.76 Å². The molecule has 0 atom stereocenters. The zero-order chi connectivity index (χ0) is 12.9. The van der Waals surface area contributed by atoms with Crippen LogP contribution in [0.25, 0.3) is 6.08 Å². The quantitative estimate of drug-likeness (QED) is 0.851. The van der Waals surface area contributed by atoms with Crippen molar-refractivity contribution in [3.63, 3.8) is 0 Å². The molecule has 2 aromatic rings. The van der Waals surface area contributed by atoms with Crippen molar-refractivity contribution in [3.05, 3.63) is 66.1 Å². The van der Waals surface area contributed by atoms with E-state index in [1.165, 1.54) is 5.56 Å². The molecule has 0 saturated heterocycles. The van der Waals surface area contributed by atoms with E-state index in [0.29, 0.717) is 0 Å². The molecule has 4 heteroatoms. The summed E-state index contributed by atoms with van der Waals surface area (Å²) in [4.78, 5) is 0. The van der Waals surface area contributed by atoms with Gasteiger partial charge in [0.2, 0.25) is 0 Å². The number of hydrogen-bond acceptors (Lipinski definition) is 3. The lowest BCUT2D eigenvalue weighted by molar-refractivity contribution is 0.310. The molecule has 0 spiro atoms. The summed E-state index contributed by atoms with van der Waals surface area (Å²) in [6.45, 7) is 1.85. The molecule has 3 rings (SSSR count). The minimum absolute atomic E-state index is 0. The van der Waals surface area contributed by atoms with Crippen molar-refractivity contribution in [2.45, 2.75) is 13.0 Å². The number of nitrogens with zero attached hydrogens (tertiary/aromatic N) is 2. The first-order valence-corrected chi connectivity index (χ1v) is 6.48. The zero-order valence-corrected chi connectivity index (χ0v) is 11.9. The molecule has 1 aliphatic rings. The van der Waals surface area contributed by atoms with Crippen LogP contribution in [0.3, 0.4) is 0 Å². The Morgan fingerprint density at radius 1 is 1.10 bits per heavy atom. The predicted octanol–water partition coefficient (Wildman–Crippen LogP) is 3.98. The Labute approximate surface area is 125 Å². The van der Waals surface area contributed by atoms with Gasteiger partial charge in [0, 0.05) is 13.0 Å². The third-order valence-corrected chi connectivity index (χ3v) is 3.09. The van der Waals surface area contributed by atoms with Gasteiger partial charge in [-0.05, 0) is 29.8 Å². The van der Waals surface area contributed by atoms with E-state index in [1.54, 1.807) is 6.26 Å². The van der Waals surface area contributed by atoms with Gasteiger partial charge in [-0.1, -0.05) is 30.3 Å². The maximum Gasteiger partial charge on any atom is 0.126 e. The van der Waals surface area contributed by atoms with Crippen LogP contribution in [-0.2, 0) is 6.54 Å². The van der Waals surface area contributed by atoms with Crippen LogP contribution in [0.2, 0.25) is 0 Å². The number of furan rings is 1. The first kappa shape index (κ1) is 14.4. The fourth-order valence-corrected chi connectivity index (χ4v) is 2.11. The maximum absolute atomic E-state index is 5.26. The zero-order valence-electron chi connectivity index (χ0n) is 11.1. The predicted molar refractivity (Wildman–Crippen MR) is 83.9 cm³/mol. The Morgan fingerprint density at radius 2 is 1.95 bits per heavy atom. The summed E-state index contributed by atoms with van der Waals surface area (Å²) in [5.74, 6) is 0.865. The van der Waals surface area contributed by atoms with E-state index in [0.717, 1.165) is 31.0 Å². The molecule has 0 fully saturated rings. The third kappa shape index (κ3) is 3.75. The van der Waals surface area contributed by atoms with Gasteiger partial charge >= 0.3 is 0 Å². The molecule has 1 aromatic carbocycles. The molecule has 0 unspecified atom stereocenters. The van der Waals surface area contributed by atoms with Crippen LogP contribution < -0.4 is 0 Å². The monoisotopic (exact) mass is 288 g/mol. The average Bonchev–Trinajstić information content (AvgIpc) is 3.09. The Kier molecular flexibility index (Phi) is 5.02. The molecule has 0 radical (unpaired) electrons. The Morgan fingerprint density at radius 3 is 2.70 bits per heavy atom. The second-order valence-electron chi connectivity index (χ2n) is 4.56. The van der Waals surface area contributed by atoms with Gasteiger partial charge < -0.3 is 4.42 Å². The molecule has 0 saturated carbocycles. The molecular weight excluding hydrogens is 272 g/mol. The number of rotatable bonds is 4. The molecule has 104 valence electrons. The SMILES string of the molecule is C(=Cc1ccco1)C1=NN(Cc2ccccc2)CC1.Cl. The highest BCUT2D eigenvalue weighted by molar-refractivity contribution is 5.98. The highest BCUT2D eigenvalue weighted by Gasteiger charge is 2.12. The molecule has 3 nitrogen and oxygen atoms in total. The first-order valence-electron chi connectivity index (χ1n) is 6.48. The largest absolute Gasteiger partial charge is 0.465 e. The minimum atomic E-state index is 0. The lowest BCUT2D eigenvalue weighted by Gasteiger charge is -2.12. The first-order chi connectivity index (χ1) is 9.40. The molecule has 20 heavy (non-hydrogen) atoms. The highest BCUT2D eigenvalue weighted by atomic mass is 35.5. The number of halogens is 1. The smallest absolute Gasteiger partial charge is 0.126 e. The van der Waals surface area contributed by atoms with Crippen molar-refractivity contribution in [2.75, 3.05) is 6.54 Å². The second kappa shape index (κ2) is 6.96. The van der Waals surface area contributed by atoms with Crippen molar-refractivity contribution >= 4 is 24.2 Å². The molecule has 0 amide bonds. The van der Waals surface area contributed by atoms with Gasteiger partial charge in [-0.25, -0.2) is 0 Å². The fourth-order valence-electron chi connectivity index (χ4n) is 2.11. The summed E-state index contributed by atoms with van der Waals surface area (Å²) in [5, 5.41) is 6.71. The van der Waals surface area contributed by atoms with Crippen molar-refractivity contribution in [3.8, 4) is 0 Å². The van der Waals surface area contributed by atoms with Crippen LogP contribution in [0.15, 0.2) is 64.3 Å². The standard InChI is InChI=1S/C16H16N2O.ClH/c1-2-5-14(6-3-1)13-18-11-10-15(17-18)8-9-16-7-4-12-19-16;/h1-9,12H,10-11,13H2;1H. The van der Waals surface area contributed by atoms with Gasteiger partial charge in [-0.2, -0.15) is 5.10 Å². The number of allylic oxidation sites excluding steroid dienone is 1. The van der Waals surface area contributed by atoms with Gasteiger partial charge in [0.05, 0.1) is 18.5 Å². The van der Waals surface area contributed by atoms with Crippen LogP contribution in [0, 0.1) is 0 Å². The maximum atomic E-state index is 5.26. The molecule has 0 aliphatic carbocycles. The summed E-state index contributed by atoms with van der Waals surface area (Å²) in [7, 11) is 0. The highest BCUT2D eigenvalue weighted by Crippen LogP contribution is 2.13. The van der Waals surface area contributed by atoms with Crippen molar-refractivity contribution in [1.29, 1.82) is 0 Å². The van der Waals surface area contributed by atoms with E-state index < -0.39 is 0 Å². The van der Waals surface area contributed by atoms with Crippen molar-refractivity contribution in [2.24, 2.45) is 5.10 Å². The fraction of sp³-hybridized carbons (Fsp3) is 0.188. The molecule has 0 N–H and O–H groups in total. The van der Waals surface area contributed by atoms with E-state index in [-0.39, 0.29) is 12.4 Å². The second-order valence-corrected chi connectivity index (χ2v) is 4.56. The summed E-state index contributed by atoms with van der Waals surface area (Å²) in [5.41, 5.74) is 2.40. The van der Waals surface area contributed by atoms with E-state index in [4.69, 9.17) is 4.42 Å². The van der Waals surface area contributed by atoms with Gasteiger partial charge in [-0.15, -0.1) is 12.4 Å². The normalized spacial score (nSPS) is 14.4. The van der Waals surface area contributed by atoms with Crippen molar-refractivity contribution in [1.82, 2.24) is 5.01 Å². The van der Waals surface area contributed by atoms with Crippen LogP contribution >= 0.6 is 12.4 Å². The lowest BCUT2D eigenvalue weighted by atomic mass is 10.2. The molecule has 1 aliphatic heterocycles. The Hall–Kier alpha value is -2.00. The van der Waals surface area contributed by atoms with E-state index in [1.807, 2.05) is 30.4 Å². The van der Waals surface area contributed by atoms with Crippen molar-refractivity contribution < 1.29 is 4.42 Å². The summed E-state index contributed by atoms with van der Waals surface area (Å²) in [6.07, 6.45) is 6.66. The lowest BCUT2D eigenvalue weighted by Crippen LogP contribution is -2.12. The topological polar surface area (TPSA) is 28.7 Å². The average molecular weight is 289 g/mol. The van der Waals surface area contributed by atoms with Crippen LogP contribution in [0.1, 0.15) is 17.7 Å². The van der Waals surface area contributed by atoms with E-state index >= 15 is 0 Å². The summed E-state index contributed by atoms with van der Waals surface area (Å²) in [6, 6.07) is 14.2. The number of hydrogen-bond donors (Lipinski definition) is 0. The van der Waals surface area contributed by atoms with Crippen LogP contribution in [-0.4, -0.2) is 17.3 Å². The van der Waals surface area contributed by atoms with Crippen LogP contribution in [0.4, 0.5) is 0 Å². The van der Waals surface area contributed by atoms with E-state index in [2.05, 4.69) is 34.4 Å². The molecule has 0 bridgehead atoms. The Balaban J connectivity index is 0.00000147. The van der Waals surface area contributed by atoms with Gasteiger partial charge in [0.15, 0.2) is 0 Å². The number of hydrazone groups is 1. The molecule has 2 heterocycles.